The first-order valence-corrected chi connectivity index (χ1v) is 12.2. The Balaban J connectivity index is 1.64. The van der Waals surface area contributed by atoms with Crippen LogP contribution in [0.5, 0.6) is 0 Å². The number of rotatable bonds is 6. The summed E-state index contributed by atoms with van der Waals surface area (Å²) in [4.78, 5) is 28.5. The number of carbonyl (C=O) groups excluding carboxylic acids is 1. The molecule has 0 atom stereocenters. The second kappa shape index (κ2) is 9.32. The normalized spacial score (nSPS) is 11.4. The first-order chi connectivity index (χ1) is 16.1. The molecule has 174 valence electrons. The number of halogens is 1. The van der Waals surface area contributed by atoms with E-state index in [0.29, 0.717) is 21.8 Å². The average molecular weight is 495 g/mol. The Morgan fingerprint density at radius 1 is 1.03 bits per heavy atom. The zero-order valence-electron chi connectivity index (χ0n) is 18.4. The maximum atomic E-state index is 13.0. The molecule has 4 aromatic rings. The fraction of sp³-hybridized carbons (Fsp3) is 0.120. The largest absolute Gasteiger partial charge is 0.573 e. The van der Waals surface area contributed by atoms with E-state index in [4.69, 9.17) is 11.6 Å². The van der Waals surface area contributed by atoms with E-state index in [1.807, 2.05) is 19.9 Å². The van der Waals surface area contributed by atoms with Gasteiger partial charge < -0.3 is 15.0 Å². The molecule has 0 fully saturated rings. The van der Waals surface area contributed by atoms with Crippen molar-refractivity contribution in [3.8, 4) is 0 Å². The highest BCUT2D eigenvalue weighted by Gasteiger charge is 2.15. The average Bonchev–Trinajstić information content (AvgIpc) is 2.77. The molecule has 7 nitrogen and oxygen atoms in total. The van der Waals surface area contributed by atoms with Crippen molar-refractivity contribution in [2.45, 2.75) is 25.3 Å². The lowest BCUT2D eigenvalue weighted by Gasteiger charge is -2.23. The van der Waals surface area contributed by atoms with Crippen molar-refractivity contribution >= 4 is 44.1 Å². The first-order valence-electron chi connectivity index (χ1n) is 10.4. The fourth-order valence-corrected chi connectivity index (χ4v) is 4.83. The second-order valence-electron chi connectivity index (χ2n) is 7.93. The zero-order chi connectivity index (χ0) is 24.5. The van der Waals surface area contributed by atoms with Gasteiger partial charge in [0, 0.05) is 28.7 Å². The number of hydrogen-bond acceptors (Lipinski definition) is 4. The van der Waals surface area contributed by atoms with Crippen LogP contribution in [-0.2, 0) is 16.6 Å². The first kappa shape index (κ1) is 23.5. The molecule has 34 heavy (non-hydrogen) atoms. The zero-order valence-corrected chi connectivity index (χ0v) is 20.0. The highest BCUT2D eigenvalue weighted by Crippen LogP contribution is 2.30. The van der Waals surface area contributed by atoms with E-state index in [1.54, 1.807) is 36.4 Å². The van der Waals surface area contributed by atoms with E-state index in [0.717, 1.165) is 11.1 Å². The lowest BCUT2D eigenvalue weighted by Crippen LogP contribution is -2.28. The summed E-state index contributed by atoms with van der Waals surface area (Å²) in [5, 5.41) is 3.24. The number of amides is 1. The number of benzene rings is 3. The number of nitrogens with one attached hydrogen (secondary N) is 2. The summed E-state index contributed by atoms with van der Waals surface area (Å²) in [5.41, 5.74) is 2.45. The van der Waals surface area contributed by atoms with Crippen LogP contribution in [0.2, 0.25) is 5.02 Å². The number of aryl methyl sites for hydroxylation is 2. The maximum Gasteiger partial charge on any atom is 0.257 e. The van der Waals surface area contributed by atoms with Crippen LogP contribution in [0.1, 0.15) is 27.0 Å². The van der Waals surface area contributed by atoms with Gasteiger partial charge in [-0.05, 0) is 43.7 Å². The summed E-state index contributed by atoms with van der Waals surface area (Å²) in [6, 6.07) is 16.4. The van der Waals surface area contributed by atoms with E-state index in [9.17, 15) is 18.0 Å². The summed E-state index contributed by atoms with van der Waals surface area (Å²) in [6.07, 6.45) is 1.31. The van der Waals surface area contributed by atoms with Crippen LogP contribution in [0.3, 0.4) is 0 Å². The molecule has 3 aromatic carbocycles. The molecule has 1 amide bonds. The van der Waals surface area contributed by atoms with E-state index in [2.05, 4.69) is 15.0 Å². The monoisotopic (exact) mass is 494 g/mol. The number of carbonyl (C=O) groups is 1. The van der Waals surface area contributed by atoms with Crippen LogP contribution in [0.25, 0.3) is 15.6 Å². The third-order valence-electron chi connectivity index (χ3n) is 5.22. The molecule has 2 N–H and O–H groups in total. The van der Waals surface area contributed by atoms with Gasteiger partial charge in [-0.15, -0.1) is 5.69 Å². The van der Waals surface area contributed by atoms with Crippen molar-refractivity contribution in [1.29, 1.82) is 0 Å². The Labute approximate surface area is 201 Å². The Kier molecular flexibility index (Phi) is 6.45. The van der Waals surface area contributed by atoms with Crippen LogP contribution >= 0.6 is 11.6 Å². The molecular weight excluding hydrogens is 474 g/mol. The Bertz CT molecular complexity index is 1560. The number of hydrogen-bond donors (Lipinski definition) is 2. The van der Waals surface area contributed by atoms with Crippen molar-refractivity contribution in [3.05, 3.63) is 109 Å². The van der Waals surface area contributed by atoms with Gasteiger partial charge in [0.1, 0.15) is 15.6 Å². The van der Waals surface area contributed by atoms with Crippen molar-refractivity contribution in [3.63, 3.8) is 0 Å². The minimum Gasteiger partial charge on any atom is -0.573 e. The molecule has 0 aliphatic heterocycles. The summed E-state index contributed by atoms with van der Waals surface area (Å²) in [7, 11) is -4.08. The van der Waals surface area contributed by atoms with Gasteiger partial charge in [-0.1, -0.05) is 59.1 Å². The Hall–Kier alpha value is -3.62. The van der Waals surface area contributed by atoms with Gasteiger partial charge in [0.2, 0.25) is 5.43 Å². The molecule has 0 spiro atoms. The summed E-state index contributed by atoms with van der Waals surface area (Å²) >= 11 is 6.11. The molecule has 0 saturated heterocycles. The lowest BCUT2D eigenvalue weighted by molar-refractivity contribution is 0.0949. The quantitative estimate of drug-likeness (QED) is 0.387. The lowest BCUT2D eigenvalue weighted by atomic mass is 10.1. The van der Waals surface area contributed by atoms with Gasteiger partial charge in [-0.25, -0.2) is 8.42 Å². The van der Waals surface area contributed by atoms with E-state index in [-0.39, 0.29) is 22.4 Å². The van der Waals surface area contributed by atoms with Crippen molar-refractivity contribution in [2.75, 3.05) is 0 Å². The number of aromatic amines is 1. The molecule has 0 bridgehead atoms. The van der Waals surface area contributed by atoms with E-state index in [1.165, 1.54) is 24.4 Å². The number of nitrogens with zero attached hydrogens (tertiary/aromatic N) is 1. The molecule has 9 heteroatoms. The second-order valence-corrected chi connectivity index (χ2v) is 9.94. The standard InChI is InChI=1S/C25H21ClN3O4S/c1-15-9-16(2)11-18(10-15)29-34(32,33)19-7-8-23-20(12-19)24(30)21(14-27-23)25(31)28-13-17-5-3-4-6-22(17)26/h3-12,14H,13H2,1-2H3,(H2,27,28,30,31)/q-1. The van der Waals surface area contributed by atoms with Crippen LogP contribution < -0.4 is 10.7 Å². The number of H-pyrrole nitrogens is 1. The number of aromatic nitrogens is 1. The molecular formula is C25H21ClN3O4S-. The van der Waals surface area contributed by atoms with Crippen molar-refractivity contribution in [2.24, 2.45) is 0 Å². The molecule has 0 unspecified atom stereocenters. The predicted octanol–water partition coefficient (Wildman–Crippen LogP) is 5.12. The van der Waals surface area contributed by atoms with Gasteiger partial charge in [0.25, 0.3) is 5.91 Å². The topological polar surface area (TPSA) is 110 Å². The fourth-order valence-electron chi connectivity index (χ4n) is 3.63. The molecule has 0 radical (unpaired) electrons. The number of fused-ring (bicyclic) bond motifs is 1. The third-order valence-corrected chi connectivity index (χ3v) is 6.89. The molecule has 4 rings (SSSR count). The van der Waals surface area contributed by atoms with E-state index < -0.39 is 21.4 Å². The van der Waals surface area contributed by atoms with Gasteiger partial charge in [-0.3, -0.25) is 9.59 Å². The number of sulfonamides is 1. The number of pyridine rings is 1. The smallest absolute Gasteiger partial charge is 0.257 e. The molecule has 1 aromatic heterocycles. The van der Waals surface area contributed by atoms with Crippen molar-refractivity contribution < 1.29 is 13.2 Å². The molecule has 0 aliphatic carbocycles. The van der Waals surface area contributed by atoms with Gasteiger partial charge in [0.15, 0.2) is 0 Å². The summed E-state index contributed by atoms with van der Waals surface area (Å²) in [5.74, 6) is -0.601. The van der Waals surface area contributed by atoms with Crippen LogP contribution in [-0.4, -0.2) is 19.3 Å². The highest BCUT2D eigenvalue weighted by molar-refractivity contribution is 7.94. The third kappa shape index (κ3) is 4.98. The van der Waals surface area contributed by atoms with Crippen LogP contribution in [0, 0.1) is 13.8 Å². The van der Waals surface area contributed by atoms with Gasteiger partial charge in [-0.2, -0.15) is 0 Å². The minimum absolute atomic E-state index is 0.0714. The summed E-state index contributed by atoms with van der Waals surface area (Å²) < 4.78 is 29.8. The minimum atomic E-state index is -4.08. The Morgan fingerprint density at radius 2 is 1.74 bits per heavy atom. The highest BCUT2D eigenvalue weighted by atomic mass is 35.5. The maximum absolute atomic E-state index is 13.0. The van der Waals surface area contributed by atoms with E-state index >= 15 is 0 Å². The molecule has 1 heterocycles. The predicted molar refractivity (Wildman–Crippen MR) is 133 cm³/mol. The Morgan fingerprint density at radius 3 is 2.44 bits per heavy atom. The van der Waals surface area contributed by atoms with Crippen LogP contribution in [0.4, 0.5) is 5.69 Å². The molecule has 0 saturated carbocycles. The summed E-state index contributed by atoms with van der Waals surface area (Å²) in [6.45, 7) is 3.85. The van der Waals surface area contributed by atoms with Gasteiger partial charge in [0.05, 0.1) is 4.90 Å². The van der Waals surface area contributed by atoms with Gasteiger partial charge >= 0.3 is 0 Å². The SMILES string of the molecule is Cc1cc(C)cc([N-]S(=O)(=O)c2ccc3[nH]cc(C(=O)NCc4ccccc4Cl)c(=O)c3c2)c1. The van der Waals surface area contributed by atoms with Crippen molar-refractivity contribution in [1.82, 2.24) is 10.3 Å². The molecule has 0 aliphatic rings. The van der Waals surface area contributed by atoms with Crippen LogP contribution in [0.15, 0.2) is 76.6 Å².